The van der Waals surface area contributed by atoms with Gasteiger partial charge in [-0.25, -0.2) is 9.78 Å². The monoisotopic (exact) mass is 571 g/mol. The number of benzene rings is 3. The van der Waals surface area contributed by atoms with Crippen LogP contribution in [0.2, 0.25) is 0 Å². The van der Waals surface area contributed by atoms with Crippen molar-refractivity contribution in [1.29, 1.82) is 0 Å². The molecule has 0 atom stereocenters. The van der Waals surface area contributed by atoms with E-state index in [-0.39, 0.29) is 6.54 Å². The quantitative estimate of drug-likeness (QED) is 0.220. The van der Waals surface area contributed by atoms with Gasteiger partial charge in [-0.15, -0.1) is 0 Å². The molecule has 10 heteroatoms. The summed E-state index contributed by atoms with van der Waals surface area (Å²) in [5.74, 6) is 3.16. The second kappa shape index (κ2) is 14.2. The largest absolute Gasteiger partial charge is 0.497 e. The Morgan fingerprint density at radius 2 is 1.62 bits per heavy atom. The van der Waals surface area contributed by atoms with E-state index in [4.69, 9.17) is 18.9 Å². The van der Waals surface area contributed by atoms with Crippen molar-refractivity contribution in [3.05, 3.63) is 89.6 Å². The molecule has 42 heavy (non-hydrogen) atoms. The van der Waals surface area contributed by atoms with Crippen LogP contribution in [0.5, 0.6) is 23.0 Å². The molecule has 0 spiro atoms. The molecular weight excluding hydrogens is 534 g/mol. The fraction of sp³-hybridized carbons (Fsp3) is 0.281. The van der Waals surface area contributed by atoms with Crippen LogP contribution in [0.4, 0.5) is 22.2 Å². The van der Waals surface area contributed by atoms with Crippen LogP contribution in [-0.2, 0) is 6.54 Å². The highest BCUT2D eigenvalue weighted by molar-refractivity contribution is 5.88. The number of methoxy groups -OCH3 is 2. The van der Waals surface area contributed by atoms with Crippen LogP contribution in [0.15, 0.2) is 72.9 Å². The molecule has 220 valence electrons. The highest BCUT2D eigenvalue weighted by Gasteiger charge is 2.24. The Bertz CT molecular complexity index is 1470. The maximum atomic E-state index is 13.7. The van der Waals surface area contributed by atoms with E-state index >= 15 is 0 Å². The zero-order valence-electron chi connectivity index (χ0n) is 24.9. The average molecular weight is 572 g/mol. The first kappa shape index (κ1) is 30.1. The summed E-state index contributed by atoms with van der Waals surface area (Å²) < 4.78 is 22.6. The van der Waals surface area contributed by atoms with E-state index in [1.54, 1.807) is 32.5 Å². The summed E-state index contributed by atoms with van der Waals surface area (Å²) in [6.45, 7) is 5.35. The van der Waals surface area contributed by atoms with Gasteiger partial charge in [0.05, 0.1) is 20.8 Å². The number of nitrogens with zero attached hydrogens (tertiary/aromatic N) is 4. The minimum atomic E-state index is -0.589. The van der Waals surface area contributed by atoms with Crippen molar-refractivity contribution < 1.29 is 23.7 Å². The summed E-state index contributed by atoms with van der Waals surface area (Å²) >= 11 is 0. The lowest BCUT2D eigenvalue weighted by atomic mass is 10.1. The van der Waals surface area contributed by atoms with Gasteiger partial charge >= 0.3 is 6.09 Å². The maximum absolute atomic E-state index is 13.7. The number of nitrogens with one attached hydrogen (secondary N) is 1. The SMILES string of the molecule is COc1ccc(CN(C(=O)Oc2c(C)cccc2C)c2ccnc(Nc3ccc(OCCN(C)C)cc3)n2)c(OC)c1. The van der Waals surface area contributed by atoms with Gasteiger partial charge in [0, 0.05) is 30.1 Å². The van der Waals surface area contributed by atoms with E-state index in [1.807, 2.05) is 82.5 Å². The molecule has 0 aliphatic rings. The molecular formula is C32H37N5O5. The Kier molecular flexibility index (Phi) is 10.2. The third-order valence-corrected chi connectivity index (χ3v) is 6.48. The number of amides is 1. The molecule has 0 saturated carbocycles. The molecule has 0 aliphatic carbocycles. The average Bonchev–Trinajstić information content (AvgIpc) is 2.98. The van der Waals surface area contributed by atoms with E-state index in [1.165, 1.54) is 4.90 Å². The molecule has 1 amide bonds. The van der Waals surface area contributed by atoms with Crippen molar-refractivity contribution in [2.75, 3.05) is 51.7 Å². The van der Waals surface area contributed by atoms with Gasteiger partial charge in [0.1, 0.15) is 35.4 Å². The maximum Gasteiger partial charge on any atom is 0.421 e. The Labute approximate surface area is 246 Å². The number of likely N-dealkylation sites (N-methyl/N-ethyl adjacent to an activating group) is 1. The van der Waals surface area contributed by atoms with E-state index < -0.39 is 6.09 Å². The number of aromatic nitrogens is 2. The first-order chi connectivity index (χ1) is 20.3. The highest BCUT2D eigenvalue weighted by atomic mass is 16.6. The predicted molar refractivity (Wildman–Crippen MR) is 163 cm³/mol. The van der Waals surface area contributed by atoms with Crippen molar-refractivity contribution in [3.8, 4) is 23.0 Å². The number of hydrogen-bond donors (Lipinski definition) is 1. The minimum absolute atomic E-state index is 0.131. The lowest BCUT2D eigenvalue weighted by molar-refractivity contribution is 0.206. The number of anilines is 3. The van der Waals surface area contributed by atoms with Gasteiger partial charge < -0.3 is 29.2 Å². The van der Waals surface area contributed by atoms with E-state index in [0.717, 1.165) is 34.7 Å². The summed E-state index contributed by atoms with van der Waals surface area (Å²) in [6, 6.07) is 20.3. The second-order valence-corrected chi connectivity index (χ2v) is 9.89. The molecule has 0 radical (unpaired) electrons. The molecule has 0 fully saturated rings. The van der Waals surface area contributed by atoms with E-state index in [9.17, 15) is 4.79 Å². The van der Waals surface area contributed by atoms with Crippen molar-refractivity contribution in [1.82, 2.24) is 14.9 Å². The second-order valence-electron chi connectivity index (χ2n) is 9.89. The normalized spacial score (nSPS) is 10.7. The van der Waals surface area contributed by atoms with Gasteiger partial charge in [0.15, 0.2) is 0 Å². The molecule has 0 saturated heterocycles. The number of ether oxygens (including phenoxy) is 4. The number of hydrogen-bond acceptors (Lipinski definition) is 9. The van der Waals surface area contributed by atoms with Gasteiger partial charge in [-0.05, 0) is 81.5 Å². The number of aryl methyl sites for hydroxylation is 2. The third-order valence-electron chi connectivity index (χ3n) is 6.48. The van der Waals surface area contributed by atoms with Crippen LogP contribution in [-0.4, -0.2) is 62.4 Å². The van der Waals surface area contributed by atoms with Crippen LogP contribution in [0.3, 0.4) is 0 Å². The van der Waals surface area contributed by atoms with Crippen molar-refractivity contribution in [2.24, 2.45) is 0 Å². The molecule has 0 bridgehead atoms. The Morgan fingerprint density at radius 1 is 0.905 bits per heavy atom. The van der Waals surface area contributed by atoms with Crippen LogP contribution in [0, 0.1) is 13.8 Å². The number of carbonyl (C=O) groups is 1. The molecule has 10 nitrogen and oxygen atoms in total. The van der Waals surface area contributed by atoms with Crippen LogP contribution in [0.25, 0.3) is 0 Å². The number of rotatable bonds is 12. The highest BCUT2D eigenvalue weighted by Crippen LogP contribution is 2.29. The van der Waals surface area contributed by atoms with Crippen LogP contribution < -0.4 is 29.2 Å². The zero-order valence-corrected chi connectivity index (χ0v) is 24.9. The molecule has 4 rings (SSSR count). The van der Waals surface area contributed by atoms with Gasteiger partial charge in [-0.3, -0.25) is 4.90 Å². The summed E-state index contributed by atoms with van der Waals surface area (Å²) in [4.78, 5) is 26.2. The molecule has 4 aromatic rings. The molecule has 0 aliphatic heterocycles. The third kappa shape index (κ3) is 7.88. The molecule has 1 aromatic heterocycles. The van der Waals surface area contributed by atoms with Gasteiger partial charge in [-0.1, -0.05) is 18.2 Å². The van der Waals surface area contributed by atoms with Gasteiger partial charge in [-0.2, -0.15) is 4.98 Å². The molecule has 1 N–H and O–H groups in total. The summed E-state index contributed by atoms with van der Waals surface area (Å²) in [6.07, 6.45) is 1.00. The fourth-order valence-electron chi connectivity index (χ4n) is 4.16. The first-order valence-electron chi connectivity index (χ1n) is 13.5. The smallest absolute Gasteiger partial charge is 0.421 e. The van der Waals surface area contributed by atoms with E-state index in [0.29, 0.717) is 35.6 Å². The summed E-state index contributed by atoms with van der Waals surface area (Å²) in [7, 11) is 7.16. The Hall–Kier alpha value is -4.83. The number of carbonyl (C=O) groups excluding carboxylic acids is 1. The number of para-hydroxylation sites is 1. The zero-order chi connectivity index (χ0) is 30.1. The lowest BCUT2D eigenvalue weighted by Gasteiger charge is -2.23. The predicted octanol–water partition coefficient (Wildman–Crippen LogP) is 6.00. The Morgan fingerprint density at radius 3 is 2.29 bits per heavy atom. The molecule has 3 aromatic carbocycles. The van der Waals surface area contributed by atoms with E-state index in [2.05, 4.69) is 20.2 Å². The minimum Gasteiger partial charge on any atom is -0.497 e. The van der Waals surface area contributed by atoms with Gasteiger partial charge in [0.25, 0.3) is 0 Å². The van der Waals surface area contributed by atoms with Crippen molar-refractivity contribution >= 4 is 23.5 Å². The Balaban J connectivity index is 1.60. The fourth-order valence-corrected chi connectivity index (χ4v) is 4.16. The lowest BCUT2D eigenvalue weighted by Crippen LogP contribution is -2.34. The van der Waals surface area contributed by atoms with Crippen LogP contribution >= 0.6 is 0 Å². The van der Waals surface area contributed by atoms with Gasteiger partial charge in [0.2, 0.25) is 5.95 Å². The van der Waals surface area contributed by atoms with Crippen molar-refractivity contribution in [2.45, 2.75) is 20.4 Å². The first-order valence-corrected chi connectivity index (χ1v) is 13.5. The van der Waals surface area contributed by atoms with Crippen molar-refractivity contribution in [3.63, 3.8) is 0 Å². The standard InChI is InChI=1S/C32H37N5O5/c1-22-8-7-9-23(2)30(22)42-32(38)37(21-24-10-13-27(39-5)20-28(24)40-6)29-16-17-33-31(35-29)34-25-11-14-26(15-12-25)41-19-18-36(3)4/h7-17,20H,18-19,21H2,1-6H3,(H,33,34,35). The topological polar surface area (TPSA) is 98.3 Å². The molecule has 0 unspecified atom stereocenters. The summed E-state index contributed by atoms with van der Waals surface area (Å²) in [5, 5.41) is 3.20. The molecule has 1 heterocycles. The van der Waals surface area contributed by atoms with Crippen LogP contribution in [0.1, 0.15) is 16.7 Å². The summed E-state index contributed by atoms with van der Waals surface area (Å²) in [5.41, 5.74) is 3.22.